The number of nitrogens with two attached hydrogens (primary N) is 1. The Bertz CT molecular complexity index is 455. The fourth-order valence-electron chi connectivity index (χ4n) is 3.14. The predicted molar refractivity (Wildman–Crippen MR) is 89.1 cm³/mol. The van der Waals surface area contributed by atoms with Crippen molar-refractivity contribution in [2.75, 3.05) is 6.54 Å². The summed E-state index contributed by atoms with van der Waals surface area (Å²) in [6.07, 6.45) is 4.53. The van der Waals surface area contributed by atoms with E-state index >= 15 is 0 Å². The zero-order chi connectivity index (χ0) is 15.2. The Morgan fingerprint density at radius 2 is 1.77 bits per heavy atom. The molecule has 1 fully saturated rings. The first-order valence-electron chi connectivity index (χ1n) is 7.79. The van der Waals surface area contributed by atoms with Crippen LogP contribution in [0.1, 0.15) is 49.3 Å². The van der Waals surface area contributed by atoms with E-state index < -0.39 is 12.1 Å². The molecule has 0 radical (unpaired) electrons. The molecular weight excluding hydrogens is 302 g/mol. The van der Waals surface area contributed by atoms with Gasteiger partial charge >= 0.3 is 5.97 Å². The highest BCUT2D eigenvalue weighted by Gasteiger charge is 2.26. The van der Waals surface area contributed by atoms with Gasteiger partial charge < -0.3 is 15.9 Å². The lowest BCUT2D eigenvalue weighted by molar-refractivity contribution is -0.136. The lowest BCUT2D eigenvalue weighted by atomic mass is 9.78. The second-order valence-corrected chi connectivity index (χ2v) is 6.10. The summed E-state index contributed by atoms with van der Waals surface area (Å²) in [5.74, 6) is 0.153. The predicted octanol–water partition coefficient (Wildman–Crippen LogP) is 2.92. The van der Waals surface area contributed by atoms with Crippen molar-refractivity contribution in [2.45, 2.75) is 44.6 Å². The maximum atomic E-state index is 10.6. The first-order chi connectivity index (χ1) is 10.1. The van der Waals surface area contributed by atoms with Crippen LogP contribution in [-0.4, -0.2) is 22.7 Å². The van der Waals surface area contributed by atoms with Crippen molar-refractivity contribution in [1.82, 2.24) is 0 Å². The van der Waals surface area contributed by atoms with E-state index in [0.717, 1.165) is 43.4 Å². The number of hydrogen-bond donors (Lipinski definition) is 3. The van der Waals surface area contributed by atoms with Crippen molar-refractivity contribution in [3.05, 3.63) is 35.4 Å². The van der Waals surface area contributed by atoms with E-state index in [1.165, 1.54) is 0 Å². The average molecular weight is 328 g/mol. The molecule has 124 valence electrons. The summed E-state index contributed by atoms with van der Waals surface area (Å²) in [5.41, 5.74) is 7.63. The van der Waals surface area contributed by atoms with Crippen molar-refractivity contribution in [1.29, 1.82) is 0 Å². The van der Waals surface area contributed by atoms with Gasteiger partial charge in [-0.2, -0.15) is 0 Å². The van der Waals surface area contributed by atoms with E-state index in [2.05, 4.69) is 0 Å². The third-order valence-electron chi connectivity index (χ3n) is 4.62. The number of halogens is 1. The molecule has 1 aliphatic rings. The molecule has 1 aliphatic carbocycles. The maximum Gasteiger partial charge on any atom is 0.303 e. The van der Waals surface area contributed by atoms with Crippen molar-refractivity contribution in [2.24, 2.45) is 17.6 Å². The number of hydrogen-bond acceptors (Lipinski definition) is 3. The first-order valence-corrected chi connectivity index (χ1v) is 7.79. The van der Waals surface area contributed by atoms with Crippen LogP contribution in [0.2, 0.25) is 0 Å². The molecule has 0 spiro atoms. The van der Waals surface area contributed by atoms with E-state index in [1.807, 2.05) is 24.3 Å². The molecule has 4 N–H and O–H groups in total. The van der Waals surface area contributed by atoms with Gasteiger partial charge in [0.15, 0.2) is 0 Å². The smallest absolute Gasteiger partial charge is 0.303 e. The molecule has 0 aliphatic heterocycles. The van der Waals surface area contributed by atoms with Crippen LogP contribution in [-0.2, 0) is 11.2 Å². The highest BCUT2D eigenvalue weighted by atomic mass is 35.5. The second-order valence-electron chi connectivity index (χ2n) is 6.10. The quantitative estimate of drug-likeness (QED) is 0.750. The second kappa shape index (κ2) is 9.13. The lowest BCUT2D eigenvalue weighted by Gasteiger charge is -2.31. The topological polar surface area (TPSA) is 83.5 Å². The number of aliphatic hydroxyl groups excluding tert-OH is 1. The molecule has 1 unspecified atom stereocenters. The third kappa shape index (κ3) is 5.27. The van der Waals surface area contributed by atoms with Gasteiger partial charge in [0.1, 0.15) is 0 Å². The van der Waals surface area contributed by atoms with Crippen molar-refractivity contribution >= 4 is 18.4 Å². The summed E-state index contributed by atoms with van der Waals surface area (Å²) in [4.78, 5) is 10.6. The Hall–Kier alpha value is -1.10. The van der Waals surface area contributed by atoms with Gasteiger partial charge in [-0.15, -0.1) is 12.4 Å². The monoisotopic (exact) mass is 327 g/mol. The minimum absolute atomic E-state index is 0. The Balaban J connectivity index is 0.00000242. The molecule has 1 aromatic carbocycles. The minimum Gasteiger partial charge on any atom is -0.481 e. The number of benzene rings is 1. The number of aryl methyl sites for hydroxylation is 1. The van der Waals surface area contributed by atoms with Gasteiger partial charge in [0.05, 0.1) is 6.10 Å². The molecule has 1 aromatic rings. The van der Waals surface area contributed by atoms with Gasteiger partial charge in [0, 0.05) is 6.42 Å². The fourth-order valence-corrected chi connectivity index (χ4v) is 3.14. The van der Waals surface area contributed by atoms with Crippen molar-refractivity contribution in [3.8, 4) is 0 Å². The molecule has 0 aromatic heterocycles. The molecular formula is C17H26ClNO3. The van der Waals surface area contributed by atoms with Gasteiger partial charge in [-0.25, -0.2) is 0 Å². The SMILES string of the molecule is Cl.NC[C@H]1CC[C@H](C(O)c2ccc(CCC(=O)O)cc2)CC1. The first kappa shape index (κ1) is 18.9. The lowest BCUT2D eigenvalue weighted by Crippen LogP contribution is -2.24. The Morgan fingerprint density at radius 1 is 1.18 bits per heavy atom. The molecule has 2 rings (SSSR count). The molecule has 1 atom stereocenters. The van der Waals surface area contributed by atoms with E-state index in [4.69, 9.17) is 10.8 Å². The van der Waals surface area contributed by atoms with Gasteiger partial charge in [-0.1, -0.05) is 24.3 Å². The molecule has 0 heterocycles. The Kier molecular flexibility index (Phi) is 7.87. The number of aliphatic carboxylic acids is 1. The summed E-state index contributed by atoms with van der Waals surface area (Å²) in [6, 6.07) is 7.70. The average Bonchev–Trinajstić information content (AvgIpc) is 2.53. The van der Waals surface area contributed by atoms with Crippen LogP contribution in [0.25, 0.3) is 0 Å². The van der Waals surface area contributed by atoms with Gasteiger partial charge in [0.2, 0.25) is 0 Å². The Labute approximate surface area is 138 Å². The van der Waals surface area contributed by atoms with E-state index in [0.29, 0.717) is 18.3 Å². The number of carbonyl (C=O) groups is 1. The van der Waals surface area contributed by atoms with Gasteiger partial charge in [-0.05, 0) is 61.6 Å². The molecule has 0 saturated heterocycles. The highest BCUT2D eigenvalue weighted by molar-refractivity contribution is 5.85. The maximum absolute atomic E-state index is 10.6. The van der Waals surface area contributed by atoms with Crippen LogP contribution in [0.5, 0.6) is 0 Å². The van der Waals surface area contributed by atoms with Crippen molar-refractivity contribution in [3.63, 3.8) is 0 Å². The van der Waals surface area contributed by atoms with Crippen molar-refractivity contribution < 1.29 is 15.0 Å². The zero-order valence-electron chi connectivity index (χ0n) is 12.8. The molecule has 0 amide bonds. The normalized spacial score (nSPS) is 22.6. The Morgan fingerprint density at radius 3 is 2.27 bits per heavy atom. The van der Waals surface area contributed by atoms with Crippen LogP contribution in [0.15, 0.2) is 24.3 Å². The van der Waals surface area contributed by atoms with E-state index in [-0.39, 0.29) is 18.8 Å². The number of rotatable bonds is 6. The molecule has 1 saturated carbocycles. The van der Waals surface area contributed by atoms with Crippen LogP contribution in [0.3, 0.4) is 0 Å². The van der Waals surface area contributed by atoms with Crippen LogP contribution in [0.4, 0.5) is 0 Å². The summed E-state index contributed by atoms with van der Waals surface area (Å²) >= 11 is 0. The van der Waals surface area contributed by atoms with E-state index in [1.54, 1.807) is 0 Å². The van der Waals surface area contributed by atoms with E-state index in [9.17, 15) is 9.90 Å². The number of aliphatic hydroxyl groups is 1. The number of carboxylic acid groups (broad SMARTS) is 1. The van der Waals surface area contributed by atoms with Gasteiger partial charge in [0.25, 0.3) is 0 Å². The minimum atomic E-state index is -0.782. The molecule has 0 bridgehead atoms. The third-order valence-corrected chi connectivity index (χ3v) is 4.62. The van der Waals surface area contributed by atoms with Crippen LogP contribution in [0, 0.1) is 11.8 Å². The summed E-state index contributed by atoms with van der Waals surface area (Å²) in [7, 11) is 0. The molecule has 5 heteroatoms. The molecule has 22 heavy (non-hydrogen) atoms. The largest absolute Gasteiger partial charge is 0.481 e. The highest BCUT2D eigenvalue weighted by Crippen LogP contribution is 2.36. The molecule has 4 nitrogen and oxygen atoms in total. The number of carboxylic acids is 1. The zero-order valence-corrected chi connectivity index (χ0v) is 13.6. The fraction of sp³-hybridized carbons (Fsp3) is 0.588. The van der Waals surface area contributed by atoms with Crippen LogP contribution >= 0.6 is 12.4 Å². The summed E-state index contributed by atoms with van der Waals surface area (Å²) in [5, 5.41) is 19.2. The summed E-state index contributed by atoms with van der Waals surface area (Å²) in [6.45, 7) is 0.751. The van der Waals surface area contributed by atoms with Gasteiger partial charge in [-0.3, -0.25) is 4.79 Å². The van der Waals surface area contributed by atoms with Crippen LogP contribution < -0.4 is 5.73 Å². The standard InChI is InChI=1S/C17H25NO3.ClH/c18-11-13-3-8-15(9-4-13)17(21)14-6-1-12(2-7-14)5-10-16(19)20;/h1-2,6-7,13,15,17,21H,3-5,8-11,18H2,(H,19,20);1H/t13-,15-,17?;. The summed E-state index contributed by atoms with van der Waals surface area (Å²) < 4.78 is 0.